The molecular formula is C15H17O3P. The van der Waals surface area contributed by atoms with Crippen LogP contribution in [0.15, 0.2) is 66.7 Å². The molecule has 0 aliphatic carbocycles. The van der Waals surface area contributed by atoms with Crippen LogP contribution in [0.4, 0.5) is 0 Å². The van der Waals surface area contributed by atoms with Crippen LogP contribution in [0.25, 0.3) is 6.08 Å². The van der Waals surface area contributed by atoms with E-state index in [2.05, 4.69) is 0 Å². The number of benzene rings is 2. The summed E-state index contributed by atoms with van der Waals surface area (Å²) in [5.74, 6) is 0. The molecule has 100 valence electrons. The van der Waals surface area contributed by atoms with Crippen LogP contribution in [0, 0.1) is 0 Å². The summed E-state index contributed by atoms with van der Waals surface area (Å²) in [7, 11) is -4.79. The minimum atomic E-state index is -4.79. The van der Waals surface area contributed by atoms with E-state index in [1.807, 2.05) is 30.3 Å². The van der Waals surface area contributed by atoms with Gasteiger partial charge in [0.1, 0.15) is 0 Å². The van der Waals surface area contributed by atoms with Gasteiger partial charge in [0.15, 0.2) is 0 Å². The summed E-state index contributed by atoms with van der Waals surface area (Å²) in [6.07, 6.45) is 3.15. The molecule has 2 aromatic carbocycles. The molecule has 0 amide bonds. The van der Waals surface area contributed by atoms with E-state index in [1.165, 1.54) is 12.1 Å². The van der Waals surface area contributed by atoms with Crippen LogP contribution in [0.1, 0.15) is 5.56 Å². The summed E-state index contributed by atoms with van der Waals surface area (Å²) in [6, 6.07) is 17.6. The van der Waals surface area contributed by atoms with Gasteiger partial charge in [0.2, 0.25) is 0 Å². The van der Waals surface area contributed by atoms with Crippen LogP contribution >= 0.6 is 7.28 Å². The van der Waals surface area contributed by atoms with Gasteiger partial charge in [-0.15, -0.1) is 0 Å². The molecule has 0 spiro atoms. The molecule has 0 aliphatic heterocycles. The summed E-state index contributed by atoms with van der Waals surface area (Å²) in [5, 5.41) is 0.172. The van der Waals surface area contributed by atoms with Gasteiger partial charge in [-0.05, 0) is 0 Å². The van der Waals surface area contributed by atoms with E-state index in [0.29, 0.717) is 0 Å². The van der Waals surface area contributed by atoms with Gasteiger partial charge in [0.05, 0.1) is 0 Å². The van der Waals surface area contributed by atoms with Gasteiger partial charge in [-0.1, -0.05) is 0 Å². The van der Waals surface area contributed by atoms with Crippen molar-refractivity contribution in [1.82, 2.24) is 0 Å². The molecule has 0 bridgehead atoms. The predicted molar refractivity (Wildman–Crippen MR) is 80.0 cm³/mol. The second-order valence-corrected chi connectivity index (χ2v) is 7.66. The summed E-state index contributed by atoms with van der Waals surface area (Å²) in [5.41, 5.74) is 0.947. The molecule has 0 saturated carbocycles. The Morgan fingerprint density at radius 1 is 0.789 bits per heavy atom. The number of rotatable bonds is 4. The van der Waals surface area contributed by atoms with Crippen molar-refractivity contribution in [2.45, 2.75) is 0 Å². The van der Waals surface area contributed by atoms with Gasteiger partial charge in [-0.3, -0.25) is 0 Å². The van der Waals surface area contributed by atoms with Gasteiger partial charge in [-0.25, -0.2) is 0 Å². The van der Waals surface area contributed by atoms with E-state index in [1.54, 1.807) is 30.4 Å². The Morgan fingerprint density at radius 2 is 1.32 bits per heavy atom. The second kappa shape index (κ2) is 5.24. The Balaban J connectivity index is 2.15. The molecule has 0 atom stereocenters. The predicted octanol–water partition coefficient (Wildman–Crippen LogP) is 2.30. The molecular weight excluding hydrogens is 259 g/mol. The van der Waals surface area contributed by atoms with Crippen molar-refractivity contribution in [3.8, 4) is 0 Å². The van der Waals surface area contributed by atoms with Crippen molar-refractivity contribution in [2.75, 3.05) is 6.16 Å². The molecule has 3 nitrogen and oxygen atoms in total. The van der Waals surface area contributed by atoms with Crippen molar-refractivity contribution < 1.29 is 14.7 Å². The van der Waals surface area contributed by atoms with Crippen molar-refractivity contribution in [2.24, 2.45) is 0 Å². The van der Waals surface area contributed by atoms with E-state index < -0.39 is 7.28 Å². The monoisotopic (exact) mass is 276 g/mol. The Kier molecular flexibility index (Phi) is 3.83. The molecule has 0 unspecified atom stereocenters. The average Bonchev–Trinajstić information content (AvgIpc) is 2.40. The molecule has 0 heterocycles. The van der Waals surface area contributed by atoms with Crippen molar-refractivity contribution in [1.29, 1.82) is 0 Å². The van der Waals surface area contributed by atoms with E-state index in [-0.39, 0.29) is 11.5 Å². The maximum atomic E-state index is 10.1. The first-order valence-corrected chi connectivity index (χ1v) is 8.27. The molecule has 0 radical (unpaired) electrons. The Bertz CT molecular complexity index is 556. The summed E-state index contributed by atoms with van der Waals surface area (Å²) >= 11 is 0. The summed E-state index contributed by atoms with van der Waals surface area (Å²) < 4.78 is 0. The fourth-order valence-electron chi connectivity index (χ4n) is 1.79. The zero-order chi connectivity index (χ0) is 13.8. The molecule has 0 saturated heterocycles. The van der Waals surface area contributed by atoms with Crippen LogP contribution < -0.4 is 5.30 Å². The third-order valence-electron chi connectivity index (χ3n) is 2.84. The molecule has 0 fully saturated rings. The van der Waals surface area contributed by atoms with Crippen molar-refractivity contribution >= 4 is 18.7 Å². The van der Waals surface area contributed by atoms with Crippen LogP contribution in [-0.4, -0.2) is 20.8 Å². The van der Waals surface area contributed by atoms with E-state index in [4.69, 9.17) is 0 Å². The van der Waals surface area contributed by atoms with E-state index in [9.17, 15) is 14.7 Å². The van der Waals surface area contributed by atoms with E-state index in [0.717, 1.165) is 5.56 Å². The summed E-state index contributed by atoms with van der Waals surface area (Å²) in [6.45, 7) is 0. The van der Waals surface area contributed by atoms with Crippen molar-refractivity contribution in [3.05, 3.63) is 72.3 Å². The Morgan fingerprint density at radius 3 is 1.89 bits per heavy atom. The molecule has 2 rings (SSSR count). The van der Waals surface area contributed by atoms with Gasteiger partial charge in [0.25, 0.3) is 0 Å². The third kappa shape index (κ3) is 3.72. The topological polar surface area (TPSA) is 60.7 Å². The zero-order valence-electron chi connectivity index (χ0n) is 10.4. The van der Waals surface area contributed by atoms with Crippen LogP contribution in [0.5, 0.6) is 0 Å². The maximum absolute atomic E-state index is 10.1. The SMILES string of the molecule is OP(O)(O)(CC=Cc1ccccc1)c1ccccc1. The Labute approximate surface area is 112 Å². The van der Waals surface area contributed by atoms with Crippen LogP contribution in [-0.2, 0) is 0 Å². The fraction of sp³-hybridized carbons (Fsp3) is 0.0667. The molecule has 19 heavy (non-hydrogen) atoms. The average molecular weight is 276 g/mol. The van der Waals surface area contributed by atoms with E-state index >= 15 is 0 Å². The first-order chi connectivity index (χ1) is 8.96. The normalized spacial score (nSPS) is 14.2. The van der Waals surface area contributed by atoms with Crippen LogP contribution in [0.3, 0.4) is 0 Å². The van der Waals surface area contributed by atoms with Crippen LogP contribution in [0.2, 0.25) is 0 Å². The molecule has 0 aromatic heterocycles. The first-order valence-electron chi connectivity index (χ1n) is 5.99. The zero-order valence-corrected chi connectivity index (χ0v) is 11.3. The molecule has 2 aromatic rings. The third-order valence-corrected chi connectivity index (χ3v) is 5.08. The fourth-order valence-corrected chi connectivity index (χ4v) is 3.27. The van der Waals surface area contributed by atoms with Gasteiger partial charge in [0, 0.05) is 0 Å². The molecule has 0 aliphatic rings. The Hall–Kier alpha value is -1.51. The quantitative estimate of drug-likeness (QED) is 0.751. The first kappa shape index (κ1) is 13.9. The number of hydrogen-bond acceptors (Lipinski definition) is 3. The standard InChI is InChI=1S/C15H17O3P/c16-19(17,18,15-11-5-2-6-12-15)13-7-10-14-8-3-1-4-9-14/h1-12,16-18H,13H2. The minimum absolute atomic E-state index is 0.172. The van der Waals surface area contributed by atoms with Gasteiger partial charge in [-0.2, -0.15) is 0 Å². The number of hydrogen-bond donors (Lipinski definition) is 3. The molecule has 4 heteroatoms. The van der Waals surface area contributed by atoms with Gasteiger partial charge >= 0.3 is 112 Å². The van der Waals surface area contributed by atoms with Gasteiger partial charge < -0.3 is 0 Å². The summed E-state index contributed by atoms with van der Waals surface area (Å²) in [4.78, 5) is 30.4. The molecule has 3 N–H and O–H groups in total. The second-order valence-electron chi connectivity index (χ2n) is 4.48. The number of allylic oxidation sites excluding steroid dienone is 1. The van der Waals surface area contributed by atoms with Crippen molar-refractivity contribution in [3.63, 3.8) is 0 Å².